The molecule has 0 fully saturated rings. The Morgan fingerprint density at radius 2 is 1.93 bits per heavy atom. The van der Waals surface area contributed by atoms with E-state index in [9.17, 15) is 0 Å². The zero-order valence-electron chi connectivity index (χ0n) is 16.8. The van der Waals surface area contributed by atoms with Crippen molar-refractivity contribution in [3.05, 3.63) is 64.2 Å². The number of hydrogen-bond acceptors (Lipinski definition) is 6. The van der Waals surface area contributed by atoms with Crippen molar-refractivity contribution in [3.8, 4) is 5.75 Å². The molecule has 0 aliphatic carbocycles. The van der Waals surface area contributed by atoms with Gasteiger partial charge in [0, 0.05) is 11.3 Å². The van der Waals surface area contributed by atoms with Crippen LogP contribution >= 0.6 is 11.8 Å². The number of anilines is 1. The largest absolute Gasteiger partial charge is 0.497 e. The van der Waals surface area contributed by atoms with Crippen molar-refractivity contribution in [2.24, 2.45) is 5.10 Å². The summed E-state index contributed by atoms with van der Waals surface area (Å²) in [6, 6.07) is 12.2. The molecule has 28 heavy (non-hydrogen) atoms. The van der Waals surface area contributed by atoms with E-state index >= 15 is 0 Å². The highest BCUT2D eigenvalue weighted by atomic mass is 32.2. The summed E-state index contributed by atoms with van der Waals surface area (Å²) >= 11 is 1.61. The molecule has 0 aliphatic heterocycles. The smallest absolute Gasteiger partial charge is 0.240 e. The van der Waals surface area contributed by atoms with Crippen molar-refractivity contribution in [2.45, 2.75) is 38.6 Å². The van der Waals surface area contributed by atoms with Gasteiger partial charge in [0.1, 0.15) is 5.75 Å². The number of benzene rings is 2. The van der Waals surface area contributed by atoms with Gasteiger partial charge in [0.15, 0.2) is 0 Å². The fourth-order valence-electron chi connectivity index (χ4n) is 2.98. The van der Waals surface area contributed by atoms with E-state index in [-0.39, 0.29) is 0 Å². The van der Waals surface area contributed by atoms with Crippen molar-refractivity contribution < 1.29 is 4.74 Å². The van der Waals surface area contributed by atoms with Crippen molar-refractivity contribution in [1.82, 2.24) is 15.2 Å². The number of aryl methyl sites for hydroxylation is 3. The van der Waals surface area contributed by atoms with Crippen molar-refractivity contribution in [2.75, 3.05) is 12.5 Å². The van der Waals surface area contributed by atoms with Crippen molar-refractivity contribution in [1.29, 1.82) is 0 Å². The molecule has 0 radical (unpaired) electrons. The first-order valence-electron chi connectivity index (χ1n) is 9.03. The van der Waals surface area contributed by atoms with Crippen LogP contribution in [0.25, 0.3) is 0 Å². The summed E-state index contributed by atoms with van der Waals surface area (Å²) in [7, 11) is 1.65. The lowest BCUT2D eigenvalue weighted by Gasteiger charge is -2.09. The van der Waals surface area contributed by atoms with Crippen LogP contribution in [0.1, 0.15) is 34.7 Å². The SMILES string of the molecule is COc1cccc(/C(C)=N\Nc2nc(SCc3c(C)cc(C)cc3C)n[nH]2)c1. The Hall–Kier alpha value is -2.80. The molecule has 2 N–H and O–H groups in total. The number of aromatic amines is 1. The van der Waals surface area contributed by atoms with Gasteiger partial charge in [-0.25, -0.2) is 10.5 Å². The molecule has 0 atom stereocenters. The maximum atomic E-state index is 5.25. The molecule has 2 aromatic carbocycles. The molecule has 0 spiro atoms. The van der Waals surface area contributed by atoms with Gasteiger partial charge in [-0.15, -0.1) is 5.10 Å². The summed E-state index contributed by atoms with van der Waals surface area (Å²) in [6.07, 6.45) is 0. The van der Waals surface area contributed by atoms with Gasteiger partial charge in [-0.1, -0.05) is 41.6 Å². The van der Waals surface area contributed by atoms with Crippen molar-refractivity contribution in [3.63, 3.8) is 0 Å². The normalized spacial score (nSPS) is 11.5. The molecule has 3 rings (SSSR count). The number of methoxy groups -OCH3 is 1. The number of nitrogens with one attached hydrogen (secondary N) is 2. The molecule has 0 saturated heterocycles. The molecule has 7 heteroatoms. The lowest BCUT2D eigenvalue weighted by atomic mass is 10.0. The van der Waals surface area contributed by atoms with Gasteiger partial charge >= 0.3 is 0 Å². The van der Waals surface area contributed by atoms with E-state index in [4.69, 9.17) is 4.74 Å². The van der Waals surface area contributed by atoms with Crippen LogP contribution in [0.5, 0.6) is 5.75 Å². The summed E-state index contributed by atoms with van der Waals surface area (Å²) < 4.78 is 5.25. The Morgan fingerprint density at radius 1 is 1.18 bits per heavy atom. The molecule has 0 unspecified atom stereocenters. The van der Waals surface area contributed by atoms with E-state index in [1.54, 1.807) is 18.9 Å². The van der Waals surface area contributed by atoms with Crippen molar-refractivity contribution >= 4 is 23.4 Å². The van der Waals surface area contributed by atoms with E-state index in [1.807, 2.05) is 31.2 Å². The highest BCUT2D eigenvalue weighted by Crippen LogP contribution is 2.25. The van der Waals surface area contributed by atoms with Crippen LogP contribution in [0.2, 0.25) is 0 Å². The number of hydrogen-bond donors (Lipinski definition) is 2. The maximum absolute atomic E-state index is 5.25. The van der Waals surface area contributed by atoms with Crippen LogP contribution in [-0.4, -0.2) is 28.0 Å². The average Bonchev–Trinajstić information content (AvgIpc) is 3.13. The Bertz CT molecular complexity index is 973. The summed E-state index contributed by atoms with van der Waals surface area (Å²) in [5, 5.41) is 12.2. The average molecular weight is 396 g/mol. The van der Waals surface area contributed by atoms with Gasteiger partial charge in [-0.2, -0.15) is 10.1 Å². The predicted octanol–water partition coefficient (Wildman–Crippen LogP) is 4.87. The fraction of sp³-hybridized carbons (Fsp3) is 0.286. The van der Waals surface area contributed by atoms with Gasteiger partial charge in [0.05, 0.1) is 12.8 Å². The lowest BCUT2D eigenvalue weighted by molar-refractivity contribution is 0.414. The van der Waals surface area contributed by atoms with E-state index in [1.165, 1.54) is 22.3 Å². The maximum Gasteiger partial charge on any atom is 0.240 e. The molecule has 0 amide bonds. The van der Waals surface area contributed by atoms with E-state index in [0.29, 0.717) is 11.1 Å². The van der Waals surface area contributed by atoms with E-state index in [2.05, 4.69) is 58.6 Å². The third-order valence-electron chi connectivity index (χ3n) is 4.47. The zero-order valence-corrected chi connectivity index (χ0v) is 17.6. The quantitative estimate of drug-likeness (QED) is 0.339. The minimum Gasteiger partial charge on any atom is -0.497 e. The first kappa shape index (κ1) is 19.9. The van der Waals surface area contributed by atoms with Crippen LogP contribution in [0.15, 0.2) is 46.7 Å². The molecule has 1 aromatic heterocycles. The monoisotopic (exact) mass is 395 g/mol. The first-order chi connectivity index (χ1) is 13.5. The Kier molecular flexibility index (Phi) is 6.36. The number of rotatable bonds is 7. The Morgan fingerprint density at radius 3 is 2.64 bits per heavy atom. The molecule has 3 aromatic rings. The Balaban J connectivity index is 1.63. The molecule has 146 valence electrons. The van der Waals surface area contributed by atoms with Crippen LogP contribution in [0, 0.1) is 20.8 Å². The van der Waals surface area contributed by atoms with Gasteiger partial charge in [0.25, 0.3) is 0 Å². The van der Waals surface area contributed by atoms with Crippen LogP contribution in [0.4, 0.5) is 5.95 Å². The minimum absolute atomic E-state index is 0.516. The van der Waals surface area contributed by atoms with E-state index < -0.39 is 0 Å². The van der Waals surface area contributed by atoms with Crippen LogP contribution in [-0.2, 0) is 5.75 Å². The topological polar surface area (TPSA) is 75.2 Å². The van der Waals surface area contributed by atoms with Gasteiger partial charge < -0.3 is 4.74 Å². The summed E-state index contributed by atoms with van der Waals surface area (Å²) in [5.41, 5.74) is 9.97. The second-order valence-corrected chi connectivity index (χ2v) is 7.62. The summed E-state index contributed by atoms with van der Waals surface area (Å²) in [5.74, 6) is 2.15. The third-order valence-corrected chi connectivity index (χ3v) is 5.34. The molecule has 0 aliphatic rings. The van der Waals surface area contributed by atoms with Gasteiger partial charge in [-0.05, 0) is 56.5 Å². The molecular formula is C21H25N5OS. The highest BCUT2D eigenvalue weighted by Gasteiger charge is 2.08. The number of aromatic nitrogens is 3. The first-order valence-corrected chi connectivity index (χ1v) is 10.0. The zero-order chi connectivity index (χ0) is 20.1. The standard InChI is InChI=1S/C21H25N5OS/c1-13-9-14(2)19(15(3)10-13)12-28-21-22-20(25-26-21)24-23-16(4)17-7-6-8-18(11-17)27-5/h6-11H,12H2,1-5H3,(H2,22,24,25,26)/b23-16-. The second-order valence-electron chi connectivity index (χ2n) is 6.67. The fourth-order valence-corrected chi connectivity index (χ4v) is 3.98. The number of H-pyrrole nitrogens is 1. The molecule has 1 heterocycles. The Labute approximate surface area is 169 Å². The second kappa shape index (κ2) is 8.93. The molecule has 0 saturated carbocycles. The van der Waals surface area contributed by atoms with Crippen LogP contribution < -0.4 is 10.2 Å². The van der Waals surface area contributed by atoms with Gasteiger partial charge in [0.2, 0.25) is 11.1 Å². The third kappa shape index (κ3) is 4.92. The van der Waals surface area contributed by atoms with Gasteiger partial charge in [-0.3, -0.25) is 0 Å². The number of thioether (sulfide) groups is 1. The van der Waals surface area contributed by atoms with E-state index in [0.717, 1.165) is 22.8 Å². The van der Waals surface area contributed by atoms with Crippen LogP contribution in [0.3, 0.4) is 0 Å². The molecule has 6 nitrogen and oxygen atoms in total. The predicted molar refractivity (Wildman–Crippen MR) is 115 cm³/mol. The highest BCUT2D eigenvalue weighted by molar-refractivity contribution is 7.98. The molecule has 0 bridgehead atoms. The summed E-state index contributed by atoms with van der Waals surface area (Å²) in [6.45, 7) is 8.35. The number of hydrazone groups is 1. The lowest BCUT2D eigenvalue weighted by Crippen LogP contribution is -2.01. The molecular weight excluding hydrogens is 370 g/mol. The minimum atomic E-state index is 0.516. The number of nitrogens with zero attached hydrogens (tertiary/aromatic N) is 3. The summed E-state index contributed by atoms with van der Waals surface area (Å²) in [4.78, 5) is 4.45. The number of ether oxygens (including phenoxy) is 1.